The smallest absolute Gasteiger partial charge is 0.315 e. The molecule has 2 unspecified atom stereocenters. The zero-order valence-electron chi connectivity index (χ0n) is 17.1. The van der Waals surface area contributed by atoms with Crippen molar-refractivity contribution in [3.8, 4) is 0 Å². The number of allylic oxidation sites excluding steroid dienone is 2. The average Bonchev–Trinajstić information content (AvgIpc) is 3.17. The Morgan fingerprint density at radius 3 is 2.43 bits per heavy atom. The fraction of sp³-hybridized carbons (Fsp3) is 0.476. The number of benzene rings is 1. The van der Waals surface area contributed by atoms with Gasteiger partial charge in [0.2, 0.25) is 5.96 Å². The Balaban J connectivity index is 1.69. The summed E-state index contributed by atoms with van der Waals surface area (Å²) >= 11 is 0. The molecule has 3 aliphatic rings. The quantitative estimate of drug-likeness (QED) is 0.805. The maximum Gasteiger partial charge on any atom is 0.328 e. The molecule has 2 atom stereocenters. The maximum absolute atomic E-state index is 13.5. The molecule has 1 aromatic carbocycles. The molecule has 0 spiro atoms. The Labute approximate surface area is 165 Å². The van der Waals surface area contributed by atoms with E-state index < -0.39 is 12.2 Å². The summed E-state index contributed by atoms with van der Waals surface area (Å²) in [4.78, 5) is 38.4. The minimum atomic E-state index is -0.501. The fourth-order valence-electron chi connectivity index (χ4n) is 4.28. The number of urea groups is 1. The van der Waals surface area contributed by atoms with E-state index in [1.54, 1.807) is 11.9 Å². The highest BCUT2D eigenvalue weighted by Crippen LogP contribution is 2.38. The highest BCUT2D eigenvalue weighted by atomic mass is 16.2. The van der Waals surface area contributed by atoms with E-state index in [4.69, 9.17) is 4.99 Å². The Bertz CT molecular complexity index is 906. The van der Waals surface area contributed by atoms with Gasteiger partial charge < -0.3 is 9.80 Å². The lowest BCUT2D eigenvalue weighted by Crippen LogP contribution is -2.64. The third-order valence-corrected chi connectivity index (χ3v) is 6.04. The number of likely N-dealkylation sites (N-methyl/N-ethyl adjacent to an activating group) is 1. The molecule has 0 aromatic heterocycles. The van der Waals surface area contributed by atoms with Gasteiger partial charge in [0.1, 0.15) is 0 Å². The number of guanidine groups is 1. The minimum Gasteiger partial charge on any atom is -0.315 e. The van der Waals surface area contributed by atoms with E-state index in [9.17, 15) is 9.59 Å². The molecule has 7 nitrogen and oxygen atoms in total. The first kappa shape index (κ1) is 18.5. The number of hydrogen-bond donors (Lipinski definition) is 0. The highest BCUT2D eigenvalue weighted by Gasteiger charge is 2.55. The minimum absolute atomic E-state index is 0.180. The molecule has 3 aliphatic heterocycles. The Hall–Kier alpha value is -2.83. The van der Waals surface area contributed by atoms with Crippen molar-refractivity contribution in [3.63, 3.8) is 0 Å². The molecule has 3 heterocycles. The summed E-state index contributed by atoms with van der Waals surface area (Å²) in [7, 11) is 1.74. The normalized spacial score (nSPS) is 24.2. The first-order valence-corrected chi connectivity index (χ1v) is 9.81. The monoisotopic (exact) mass is 381 g/mol. The van der Waals surface area contributed by atoms with Gasteiger partial charge in [-0.1, -0.05) is 31.2 Å². The van der Waals surface area contributed by atoms with Gasteiger partial charge in [0.05, 0.1) is 6.54 Å². The predicted octanol–water partition coefficient (Wildman–Crippen LogP) is 2.73. The van der Waals surface area contributed by atoms with Crippen LogP contribution in [0.2, 0.25) is 0 Å². The molecule has 0 bridgehead atoms. The van der Waals surface area contributed by atoms with Crippen molar-refractivity contribution in [1.82, 2.24) is 19.6 Å². The summed E-state index contributed by atoms with van der Waals surface area (Å²) < 4.78 is 0. The van der Waals surface area contributed by atoms with Crippen LogP contribution in [0.4, 0.5) is 4.79 Å². The molecule has 28 heavy (non-hydrogen) atoms. The van der Waals surface area contributed by atoms with Crippen LogP contribution >= 0.6 is 0 Å². The molecule has 148 valence electrons. The second-order valence-electron chi connectivity index (χ2n) is 7.72. The van der Waals surface area contributed by atoms with E-state index in [0.29, 0.717) is 0 Å². The van der Waals surface area contributed by atoms with Crippen molar-refractivity contribution < 1.29 is 9.59 Å². The van der Waals surface area contributed by atoms with Gasteiger partial charge in [0, 0.05) is 25.0 Å². The zero-order valence-corrected chi connectivity index (χ0v) is 17.1. The number of amides is 3. The molecular formula is C21H27N5O2. The molecule has 0 radical (unpaired) electrons. The lowest BCUT2D eigenvalue weighted by Gasteiger charge is -2.41. The number of fused-ring (bicyclic) bond motifs is 3. The van der Waals surface area contributed by atoms with Crippen LogP contribution < -0.4 is 0 Å². The molecular weight excluding hydrogens is 354 g/mol. The lowest BCUT2D eigenvalue weighted by atomic mass is 10.1. The summed E-state index contributed by atoms with van der Waals surface area (Å²) in [6.07, 6.45) is 0.500. The molecule has 0 saturated carbocycles. The number of carbonyl (C=O) groups is 2. The van der Waals surface area contributed by atoms with Crippen molar-refractivity contribution in [3.05, 3.63) is 46.8 Å². The zero-order chi connectivity index (χ0) is 20.2. The molecule has 0 N–H and O–H groups in total. The largest absolute Gasteiger partial charge is 0.328 e. The SMILES string of the molecule is CCCN1C2=NC3C(C(=O)N(Cc4ccccc4C)C(=O)N3C)N2C(C)=C1C. The molecule has 1 fully saturated rings. The molecule has 1 saturated heterocycles. The Kier molecular flexibility index (Phi) is 4.40. The Morgan fingerprint density at radius 1 is 1.04 bits per heavy atom. The first-order chi connectivity index (χ1) is 13.4. The van der Waals surface area contributed by atoms with Gasteiger partial charge in [-0.05, 0) is 38.3 Å². The van der Waals surface area contributed by atoms with E-state index in [-0.39, 0.29) is 18.5 Å². The third-order valence-electron chi connectivity index (χ3n) is 6.04. The van der Waals surface area contributed by atoms with Gasteiger partial charge in [-0.25, -0.2) is 9.79 Å². The topological polar surface area (TPSA) is 59.5 Å². The van der Waals surface area contributed by atoms with Crippen LogP contribution in [0.1, 0.15) is 38.3 Å². The lowest BCUT2D eigenvalue weighted by molar-refractivity contribution is -0.137. The molecule has 1 aromatic rings. The van der Waals surface area contributed by atoms with E-state index in [1.807, 2.05) is 43.0 Å². The summed E-state index contributed by atoms with van der Waals surface area (Å²) in [5.74, 6) is 0.609. The second-order valence-corrected chi connectivity index (χ2v) is 7.72. The maximum atomic E-state index is 13.5. The average molecular weight is 381 g/mol. The number of aryl methyl sites for hydroxylation is 1. The second kappa shape index (κ2) is 6.65. The summed E-state index contributed by atoms with van der Waals surface area (Å²) in [6.45, 7) is 9.33. The third kappa shape index (κ3) is 2.52. The van der Waals surface area contributed by atoms with E-state index in [2.05, 4.69) is 18.7 Å². The van der Waals surface area contributed by atoms with Gasteiger partial charge in [-0.3, -0.25) is 14.6 Å². The summed E-state index contributed by atoms with van der Waals surface area (Å²) in [5, 5.41) is 0. The van der Waals surface area contributed by atoms with E-state index in [1.165, 1.54) is 4.90 Å². The molecule has 7 heteroatoms. The van der Waals surface area contributed by atoms with Gasteiger partial charge in [0.25, 0.3) is 5.91 Å². The number of nitrogens with zero attached hydrogens (tertiary/aromatic N) is 5. The van der Waals surface area contributed by atoms with Gasteiger partial charge in [-0.2, -0.15) is 0 Å². The fourth-order valence-corrected chi connectivity index (χ4v) is 4.28. The number of aliphatic imine (C=N–C) groups is 1. The summed E-state index contributed by atoms with van der Waals surface area (Å²) in [5.41, 5.74) is 4.20. The first-order valence-electron chi connectivity index (χ1n) is 9.81. The van der Waals surface area contributed by atoms with E-state index >= 15 is 0 Å². The van der Waals surface area contributed by atoms with Gasteiger partial charge >= 0.3 is 6.03 Å². The summed E-state index contributed by atoms with van der Waals surface area (Å²) in [6, 6.07) is 7.06. The highest BCUT2D eigenvalue weighted by molar-refractivity contribution is 6.05. The number of imide groups is 1. The standard InChI is InChI=1S/C21H27N5O2/c1-6-11-24-14(3)15(4)26-17-18(22-20(24)26)23(5)21(28)25(19(17)27)12-16-10-8-7-9-13(16)2/h7-10,17-18H,6,11-12H2,1-5H3. The van der Waals surface area contributed by atoms with Crippen molar-refractivity contribution >= 4 is 17.9 Å². The number of rotatable bonds is 4. The molecule has 0 aliphatic carbocycles. The van der Waals surface area contributed by atoms with Crippen LogP contribution in [-0.2, 0) is 11.3 Å². The van der Waals surface area contributed by atoms with Gasteiger partial charge in [0.15, 0.2) is 12.2 Å². The van der Waals surface area contributed by atoms with Crippen LogP contribution in [0.25, 0.3) is 0 Å². The molecule has 4 rings (SSSR count). The predicted molar refractivity (Wildman–Crippen MR) is 107 cm³/mol. The number of carbonyl (C=O) groups excluding carboxylic acids is 2. The number of hydrogen-bond acceptors (Lipinski definition) is 5. The van der Waals surface area contributed by atoms with E-state index in [0.717, 1.165) is 41.4 Å². The van der Waals surface area contributed by atoms with Crippen molar-refractivity contribution in [2.75, 3.05) is 13.6 Å². The van der Waals surface area contributed by atoms with Gasteiger partial charge in [-0.15, -0.1) is 0 Å². The van der Waals surface area contributed by atoms with Crippen molar-refractivity contribution in [2.24, 2.45) is 4.99 Å². The Morgan fingerprint density at radius 2 is 1.75 bits per heavy atom. The van der Waals surface area contributed by atoms with Crippen LogP contribution in [0.5, 0.6) is 0 Å². The van der Waals surface area contributed by atoms with Crippen LogP contribution in [0, 0.1) is 6.92 Å². The van der Waals surface area contributed by atoms with Crippen molar-refractivity contribution in [1.29, 1.82) is 0 Å². The van der Waals surface area contributed by atoms with Crippen LogP contribution in [0.3, 0.4) is 0 Å². The van der Waals surface area contributed by atoms with Crippen LogP contribution in [-0.4, -0.2) is 63.3 Å². The molecule has 3 amide bonds. The van der Waals surface area contributed by atoms with Crippen LogP contribution in [0.15, 0.2) is 40.7 Å². The van der Waals surface area contributed by atoms with Crippen molar-refractivity contribution in [2.45, 2.75) is 52.9 Å².